The lowest BCUT2D eigenvalue weighted by atomic mass is 9.95. The molecule has 0 spiro atoms. The number of ether oxygens (including phenoxy) is 1. The Morgan fingerprint density at radius 1 is 1.14 bits per heavy atom. The molecule has 148 valence electrons. The molecule has 0 aliphatic rings. The molecule has 0 aliphatic heterocycles. The molecule has 1 atom stereocenters. The molecule has 2 rings (SSSR count). The van der Waals surface area contributed by atoms with E-state index in [2.05, 4.69) is 5.32 Å². The van der Waals surface area contributed by atoms with E-state index in [0.717, 1.165) is 5.56 Å². The molecule has 1 amide bonds. The van der Waals surface area contributed by atoms with E-state index in [1.807, 2.05) is 36.6 Å². The lowest BCUT2D eigenvalue weighted by Crippen LogP contribution is -2.42. The van der Waals surface area contributed by atoms with Crippen molar-refractivity contribution in [1.82, 2.24) is 5.32 Å². The first-order chi connectivity index (χ1) is 13.5. The monoisotopic (exact) mass is 401 g/mol. The Morgan fingerprint density at radius 3 is 2.46 bits per heavy atom. The molecule has 0 heterocycles. The maximum atomic E-state index is 12.9. The SMILES string of the molecule is COC(=O)[C@H](CCSC)NC(=O)c1ccc(CC(=O)O)cc1-c1ccccc1. The van der Waals surface area contributed by atoms with Crippen molar-refractivity contribution >= 4 is 29.6 Å². The van der Waals surface area contributed by atoms with E-state index in [1.165, 1.54) is 7.11 Å². The molecule has 0 saturated heterocycles. The standard InChI is InChI=1S/C21H23NO5S/c1-27-21(26)18(10-11-28-2)22-20(25)16-9-8-14(13-19(23)24)12-17(16)15-6-4-3-5-7-15/h3-9,12,18H,10-11,13H2,1-2H3,(H,22,25)(H,23,24)/t18-/m0/s1. The minimum absolute atomic E-state index is 0.139. The summed E-state index contributed by atoms with van der Waals surface area (Å²) in [6.07, 6.45) is 2.24. The van der Waals surface area contributed by atoms with Gasteiger partial charge in [0.2, 0.25) is 0 Å². The molecule has 0 bridgehead atoms. The summed E-state index contributed by atoms with van der Waals surface area (Å²) in [7, 11) is 1.29. The summed E-state index contributed by atoms with van der Waals surface area (Å²) in [4.78, 5) is 36.0. The van der Waals surface area contributed by atoms with E-state index in [0.29, 0.717) is 28.9 Å². The molecule has 0 fully saturated rings. The van der Waals surface area contributed by atoms with Gasteiger partial charge in [-0.05, 0) is 47.3 Å². The Morgan fingerprint density at radius 2 is 1.86 bits per heavy atom. The average Bonchev–Trinajstić information content (AvgIpc) is 2.70. The maximum absolute atomic E-state index is 12.9. The van der Waals surface area contributed by atoms with Crippen LogP contribution in [-0.2, 0) is 20.7 Å². The van der Waals surface area contributed by atoms with E-state index in [1.54, 1.807) is 30.0 Å². The molecule has 0 unspecified atom stereocenters. The van der Waals surface area contributed by atoms with Gasteiger partial charge in [0.15, 0.2) is 0 Å². The third-order valence-electron chi connectivity index (χ3n) is 4.17. The van der Waals surface area contributed by atoms with Crippen molar-refractivity contribution in [3.63, 3.8) is 0 Å². The van der Waals surface area contributed by atoms with Gasteiger partial charge in [-0.1, -0.05) is 36.4 Å². The van der Waals surface area contributed by atoms with Gasteiger partial charge >= 0.3 is 11.9 Å². The highest BCUT2D eigenvalue weighted by Gasteiger charge is 2.23. The number of carboxylic acids is 1. The third kappa shape index (κ3) is 5.85. The lowest BCUT2D eigenvalue weighted by Gasteiger charge is -2.18. The zero-order chi connectivity index (χ0) is 20.5. The first-order valence-corrected chi connectivity index (χ1v) is 10.1. The minimum atomic E-state index is -0.945. The van der Waals surface area contributed by atoms with Crippen molar-refractivity contribution in [3.05, 3.63) is 59.7 Å². The number of nitrogens with one attached hydrogen (secondary N) is 1. The van der Waals surface area contributed by atoms with Gasteiger partial charge in [0.05, 0.1) is 13.5 Å². The molecule has 7 heteroatoms. The van der Waals surface area contributed by atoms with Gasteiger partial charge in [-0.2, -0.15) is 11.8 Å². The number of hydrogen-bond acceptors (Lipinski definition) is 5. The predicted molar refractivity (Wildman–Crippen MR) is 109 cm³/mol. The van der Waals surface area contributed by atoms with Crippen LogP contribution in [0.25, 0.3) is 11.1 Å². The lowest BCUT2D eigenvalue weighted by molar-refractivity contribution is -0.143. The maximum Gasteiger partial charge on any atom is 0.328 e. The summed E-state index contributed by atoms with van der Waals surface area (Å²) in [5.74, 6) is -1.15. The third-order valence-corrected chi connectivity index (χ3v) is 4.81. The van der Waals surface area contributed by atoms with Gasteiger partial charge < -0.3 is 15.2 Å². The van der Waals surface area contributed by atoms with Crippen LogP contribution in [0, 0.1) is 0 Å². The molecule has 0 aliphatic carbocycles. The molecule has 6 nitrogen and oxygen atoms in total. The minimum Gasteiger partial charge on any atom is -0.481 e. The average molecular weight is 401 g/mol. The highest BCUT2D eigenvalue weighted by atomic mass is 32.2. The summed E-state index contributed by atoms with van der Waals surface area (Å²) in [6.45, 7) is 0. The summed E-state index contributed by atoms with van der Waals surface area (Å²) >= 11 is 1.57. The van der Waals surface area contributed by atoms with E-state index in [-0.39, 0.29) is 6.42 Å². The smallest absolute Gasteiger partial charge is 0.328 e. The molecule has 0 aromatic heterocycles. The van der Waals surface area contributed by atoms with Gasteiger partial charge in [0.1, 0.15) is 6.04 Å². The summed E-state index contributed by atoms with van der Waals surface area (Å²) in [6, 6.07) is 13.4. The summed E-state index contributed by atoms with van der Waals surface area (Å²) in [5.41, 5.74) is 2.37. The van der Waals surface area contributed by atoms with Crippen LogP contribution in [0.4, 0.5) is 0 Å². The molecule has 2 aromatic rings. The fourth-order valence-corrected chi connectivity index (χ4v) is 3.26. The Kier molecular flexibility index (Phi) is 8.07. The number of methoxy groups -OCH3 is 1. The second kappa shape index (κ2) is 10.5. The van der Waals surface area contributed by atoms with Crippen LogP contribution in [0.1, 0.15) is 22.3 Å². The van der Waals surface area contributed by atoms with Crippen molar-refractivity contribution in [1.29, 1.82) is 0 Å². The number of aliphatic carboxylic acids is 1. The number of esters is 1. The van der Waals surface area contributed by atoms with Crippen LogP contribution in [-0.4, -0.2) is 48.1 Å². The highest BCUT2D eigenvalue weighted by Crippen LogP contribution is 2.25. The molecule has 2 N–H and O–H groups in total. The first kappa shape index (κ1) is 21.5. The Balaban J connectivity index is 2.38. The van der Waals surface area contributed by atoms with Crippen LogP contribution in [0.3, 0.4) is 0 Å². The number of carbonyl (C=O) groups excluding carboxylic acids is 2. The molecule has 2 aromatic carbocycles. The Labute approximate surface area is 168 Å². The number of hydrogen-bond donors (Lipinski definition) is 2. The second-order valence-electron chi connectivity index (χ2n) is 6.15. The molecular formula is C21H23NO5S. The van der Waals surface area contributed by atoms with E-state index < -0.39 is 23.9 Å². The van der Waals surface area contributed by atoms with Crippen LogP contribution >= 0.6 is 11.8 Å². The van der Waals surface area contributed by atoms with Gasteiger partial charge in [-0.3, -0.25) is 9.59 Å². The topological polar surface area (TPSA) is 92.7 Å². The van der Waals surface area contributed by atoms with Gasteiger partial charge in [0.25, 0.3) is 5.91 Å². The zero-order valence-electron chi connectivity index (χ0n) is 15.8. The molecule has 0 saturated carbocycles. The van der Waals surface area contributed by atoms with Gasteiger partial charge in [-0.15, -0.1) is 0 Å². The number of benzene rings is 2. The van der Waals surface area contributed by atoms with Crippen LogP contribution < -0.4 is 5.32 Å². The number of rotatable bonds is 9. The second-order valence-corrected chi connectivity index (χ2v) is 7.13. The quantitative estimate of drug-likeness (QED) is 0.628. The molecule has 28 heavy (non-hydrogen) atoms. The number of carboxylic acid groups (broad SMARTS) is 1. The number of carbonyl (C=O) groups is 3. The van der Waals surface area contributed by atoms with Crippen LogP contribution in [0.5, 0.6) is 0 Å². The van der Waals surface area contributed by atoms with Crippen molar-refractivity contribution in [2.75, 3.05) is 19.1 Å². The van der Waals surface area contributed by atoms with E-state index in [9.17, 15) is 14.4 Å². The van der Waals surface area contributed by atoms with Crippen molar-refractivity contribution in [3.8, 4) is 11.1 Å². The van der Waals surface area contributed by atoms with Crippen molar-refractivity contribution < 1.29 is 24.2 Å². The molecular weight excluding hydrogens is 378 g/mol. The summed E-state index contributed by atoms with van der Waals surface area (Å²) in [5, 5.41) is 11.8. The van der Waals surface area contributed by atoms with Crippen molar-refractivity contribution in [2.45, 2.75) is 18.9 Å². The normalized spacial score (nSPS) is 11.5. The number of thioether (sulfide) groups is 1. The Bertz CT molecular complexity index is 838. The Hall–Kier alpha value is -2.80. The largest absolute Gasteiger partial charge is 0.481 e. The molecule has 0 radical (unpaired) electrons. The van der Waals surface area contributed by atoms with Crippen molar-refractivity contribution in [2.24, 2.45) is 0 Å². The van der Waals surface area contributed by atoms with Crippen LogP contribution in [0.15, 0.2) is 48.5 Å². The van der Waals surface area contributed by atoms with Crippen LogP contribution in [0.2, 0.25) is 0 Å². The zero-order valence-corrected chi connectivity index (χ0v) is 16.6. The van der Waals surface area contributed by atoms with E-state index >= 15 is 0 Å². The summed E-state index contributed by atoms with van der Waals surface area (Å²) < 4.78 is 4.80. The van der Waals surface area contributed by atoms with Gasteiger partial charge in [0, 0.05) is 5.56 Å². The predicted octanol–water partition coefficient (Wildman–Crippen LogP) is 3.01. The highest BCUT2D eigenvalue weighted by molar-refractivity contribution is 7.98. The fourth-order valence-electron chi connectivity index (χ4n) is 2.79. The number of amides is 1. The van der Waals surface area contributed by atoms with Gasteiger partial charge in [-0.25, -0.2) is 4.79 Å². The first-order valence-electron chi connectivity index (χ1n) is 8.74. The van der Waals surface area contributed by atoms with E-state index in [4.69, 9.17) is 9.84 Å². The fraction of sp³-hybridized carbons (Fsp3) is 0.286.